The first-order valence-corrected chi connectivity index (χ1v) is 9.46. The highest BCUT2D eigenvalue weighted by atomic mass is 16.5. The number of hydrogen-bond donors (Lipinski definition) is 0. The Morgan fingerprint density at radius 2 is 0.963 bits per heavy atom. The maximum absolute atomic E-state index is 13.0. The Kier molecular flexibility index (Phi) is 4.54. The topological polar surface area (TPSA) is 30.2 Å². The molecule has 0 fully saturated rings. The van der Waals surface area contributed by atoms with Crippen molar-refractivity contribution in [2.24, 2.45) is 7.05 Å². The molecule has 0 saturated heterocycles. The maximum atomic E-state index is 13.0. The number of aryl methyl sites for hydroxylation is 5. The van der Waals surface area contributed by atoms with Crippen LogP contribution in [-0.4, -0.2) is 13.1 Å². The van der Waals surface area contributed by atoms with E-state index in [2.05, 4.69) is 67.0 Å². The second kappa shape index (κ2) is 6.33. The zero-order valence-electron chi connectivity index (χ0n) is 18.3. The summed E-state index contributed by atoms with van der Waals surface area (Å²) in [6, 6.07) is 0. The van der Waals surface area contributed by atoms with E-state index in [1.165, 1.54) is 40.5 Å². The summed E-state index contributed by atoms with van der Waals surface area (Å²) in [7, 11) is 3.59. The predicted molar refractivity (Wildman–Crippen MR) is 112 cm³/mol. The monoisotopic (exact) mass is 364 g/mol. The first-order chi connectivity index (χ1) is 12.6. The van der Waals surface area contributed by atoms with E-state index in [0.717, 1.165) is 32.9 Å². The van der Waals surface area contributed by atoms with E-state index in [1.54, 1.807) is 0 Å². The van der Waals surface area contributed by atoms with Crippen LogP contribution < -0.4 is 4.57 Å². The number of carbonyl (C=O) groups is 1. The van der Waals surface area contributed by atoms with Gasteiger partial charge in [-0.1, -0.05) is 0 Å². The second-order valence-corrected chi connectivity index (χ2v) is 7.87. The van der Waals surface area contributed by atoms with Crippen molar-refractivity contribution in [2.75, 3.05) is 7.11 Å². The minimum absolute atomic E-state index is 0.262. The van der Waals surface area contributed by atoms with Crippen molar-refractivity contribution < 1.29 is 14.1 Å². The lowest BCUT2D eigenvalue weighted by molar-refractivity contribution is -0.618. The van der Waals surface area contributed by atoms with Crippen LogP contribution in [-0.2, 0) is 11.8 Å². The number of methoxy groups -OCH3 is 1. The molecule has 3 rings (SSSR count). The molecule has 0 atom stereocenters. The number of ether oxygens (including phenoxy) is 1. The number of esters is 1. The van der Waals surface area contributed by atoms with Crippen LogP contribution in [0.5, 0.6) is 0 Å². The van der Waals surface area contributed by atoms with Gasteiger partial charge in [-0.25, -0.2) is 4.79 Å². The van der Waals surface area contributed by atoms with Gasteiger partial charge in [-0.3, -0.25) is 0 Å². The van der Waals surface area contributed by atoms with Crippen molar-refractivity contribution in [2.45, 2.75) is 55.4 Å². The van der Waals surface area contributed by atoms with Crippen molar-refractivity contribution in [1.29, 1.82) is 0 Å². The lowest BCUT2D eigenvalue weighted by Gasteiger charge is -2.20. The number of nitrogens with zero attached hydrogens (tertiary/aromatic N) is 1. The molecule has 3 heteroatoms. The molecule has 0 aliphatic rings. The van der Waals surface area contributed by atoms with Gasteiger partial charge in [0.05, 0.1) is 23.4 Å². The van der Waals surface area contributed by atoms with Crippen LogP contribution >= 0.6 is 0 Å². The van der Waals surface area contributed by atoms with Crippen LogP contribution in [0.4, 0.5) is 0 Å². The lowest BCUT2D eigenvalue weighted by Crippen LogP contribution is -2.34. The first-order valence-electron chi connectivity index (χ1n) is 9.46. The first kappa shape index (κ1) is 19.3. The highest BCUT2D eigenvalue weighted by molar-refractivity contribution is 6.16. The van der Waals surface area contributed by atoms with E-state index in [4.69, 9.17) is 4.74 Å². The molecule has 1 aromatic heterocycles. The smallest absolute Gasteiger partial charge is 0.339 e. The van der Waals surface area contributed by atoms with Gasteiger partial charge in [-0.15, -0.1) is 0 Å². The fourth-order valence-electron chi connectivity index (χ4n) is 4.58. The number of benzene rings is 2. The van der Waals surface area contributed by atoms with E-state index in [-0.39, 0.29) is 5.97 Å². The van der Waals surface area contributed by atoms with Crippen LogP contribution in [0.3, 0.4) is 0 Å². The molecular weight excluding hydrogens is 334 g/mol. The molecule has 0 aliphatic carbocycles. The number of fused-ring (bicyclic) bond motifs is 2. The van der Waals surface area contributed by atoms with E-state index < -0.39 is 0 Å². The molecule has 0 radical (unpaired) electrons. The quantitative estimate of drug-likeness (QED) is 0.343. The summed E-state index contributed by atoms with van der Waals surface area (Å²) < 4.78 is 7.55. The largest absolute Gasteiger partial charge is 0.465 e. The average molecular weight is 365 g/mol. The summed E-state index contributed by atoms with van der Waals surface area (Å²) in [4.78, 5) is 13.0. The Morgan fingerprint density at radius 1 is 0.630 bits per heavy atom. The van der Waals surface area contributed by atoms with Crippen molar-refractivity contribution >= 4 is 27.8 Å². The predicted octanol–water partition coefficient (Wildman–Crippen LogP) is 5.07. The van der Waals surface area contributed by atoms with Crippen molar-refractivity contribution in [3.63, 3.8) is 0 Å². The summed E-state index contributed by atoms with van der Waals surface area (Å²) in [5.41, 5.74) is 12.7. The Bertz CT molecular complexity index is 1070. The Hall–Kier alpha value is -2.42. The fourth-order valence-corrected chi connectivity index (χ4v) is 4.58. The molecule has 142 valence electrons. The van der Waals surface area contributed by atoms with Gasteiger partial charge in [0.15, 0.2) is 0 Å². The lowest BCUT2D eigenvalue weighted by atomic mass is 9.86. The van der Waals surface area contributed by atoms with Crippen LogP contribution in [0.1, 0.15) is 54.9 Å². The Balaban J connectivity index is 2.88. The van der Waals surface area contributed by atoms with E-state index in [9.17, 15) is 4.79 Å². The van der Waals surface area contributed by atoms with Gasteiger partial charge in [0, 0.05) is 11.1 Å². The summed E-state index contributed by atoms with van der Waals surface area (Å²) in [5.74, 6) is -0.262. The van der Waals surface area contributed by atoms with Gasteiger partial charge < -0.3 is 4.74 Å². The number of pyridine rings is 1. The molecule has 0 saturated carbocycles. The molecule has 3 nitrogen and oxygen atoms in total. The molecule has 2 aromatic carbocycles. The SMILES string of the molecule is COC(=O)c1c2c(C)c(C)c(C)c(C)c2[n+](C)c2c(C)c(C)c(C)c(C)c12. The van der Waals surface area contributed by atoms with Gasteiger partial charge in [-0.2, -0.15) is 4.57 Å². The van der Waals surface area contributed by atoms with Crippen LogP contribution in [0.2, 0.25) is 0 Å². The summed E-state index contributed by atoms with van der Waals surface area (Å²) in [6.45, 7) is 17.1. The minimum Gasteiger partial charge on any atom is -0.465 e. The highest BCUT2D eigenvalue weighted by Crippen LogP contribution is 2.37. The Labute approximate surface area is 162 Å². The van der Waals surface area contributed by atoms with E-state index >= 15 is 0 Å². The van der Waals surface area contributed by atoms with Gasteiger partial charge in [0.1, 0.15) is 7.05 Å². The summed E-state index contributed by atoms with van der Waals surface area (Å²) in [6.07, 6.45) is 0. The van der Waals surface area contributed by atoms with Gasteiger partial charge in [0.2, 0.25) is 11.0 Å². The molecule has 0 amide bonds. The summed E-state index contributed by atoms with van der Waals surface area (Å²) in [5, 5.41) is 2.03. The van der Waals surface area contributed by atoms with Gasteiger partial charge in [0.25, 0.3) is 0 Å². The zero-order chi connectivity index (χ0) is 20.4. The van der Waals surface area contributed by atoms with Gasteiger partial charge >= 0.3 is 5.97 Å². The minimum atomic E-state index is -0.262. The molecule has 0 N–H and O–H groups in total. The summed E-state index contributed by atoms with van der Waals surface area (Å²) >= 11 is 0. The van der Waals surface area contributed by atoms with E-state index in [1.807, 2.05) is 0 Å². The molecule has 0 spiro atoms. The molecule has 27 heavy (non-hydrogen) atoms. The molecule has 0 bridgehead atoms. The van der Waals surface area contributed by atoms with Crippen molar-refractivity contribution in [3.8, 4) is 0 Å². The van der Waals surface area contributed by atoms with Gasteiger partial charge in [-0.05, 0) is 88.8 Å². The van der Waals surface area contributed by atoms with E-state index in [0.29, 0.717) is 5.56 Å². The third-order valence-electron chi connectivity index (χ3n) is 6.87. The number of hydrogen-bond acceptors (Lipinski definition) is 2. The average Bonchev–Trinajstić information content (AvgIpc) is 2.65. The highest BCUT2D eigenvalue weighted by Gasteiger charge is 2.30. The normalized spacial score (nSPS) is 11.5. The molecule has 3 aromatic rings. The third-order valence-corrected chi connectivity index (χ3v) is 6.87. The van der Waals surface area contributed by atoms with Crippen molar-refractivity contribution in [3.05, 3.63) is 50.1 Å². The maximum Gasteiger partial charge on any atom is 0.339 e. The molecule has 1 heterocycles. The van der Waals surface area contributed by atoms with Crippen molar-refractivity contribution in [1.82, 2.24) is 0 Å². The second-order valence-electron chi connectivity index (χ2n) is 7.87. The fraction of sp³-hybridized carbons (Fsp3) is 0.417. The van der Waals surface area contributed by atoms with Crippen LogP contribution in [0, 0.1) is 55.4 Å². The standard InChI is InChI=1S/C24H30NO2/c1-11-13(3)17(7)22-19(15(11)5)21(24(26)27-10)20-16(6)12(2)14(4)18(8)23(20)25(22)9/h1-10H3/q+1. The molecule has 0 unspecified atom stereocenters. The number of rotatable bonds is 1. The van der Waals surface area contributed by atoms with Crippen LogP contribution in [0.25, 0.3) is 21.8 Å². The Morgan fingerprint density at radius 3 is 1.30 bits per heavy atom. The van der Waals surface area contributed by atoms with Crippen LogP contribution in [0.15, 0.2) is 0 Å². The third kappa shape index (κ3) is 2.40. The number of carbonyl (C=O) groups excluding carboxylic acids is 1. The zero-order valence-corrected chi connectivity index (χ0v) is 18.3. The number of aromatic nitrogens is 1. The molecular formula is C24H30NO2+. The molecule has 0 aliphatic heterocycles.